The average Bonchev–Trinajstić information content (AvgIpc) is 3.02. The number of rotatable bonds is 6. The predicted octanol–water partition coefficient (Wildman–Crippen LogP) is 3.43. The molecule has 0 aliphatic heterocycles. The molecular weight excluding hydrogens is 424 g/mol. The third-order valence-corrected chi connectivity index (χ3v) is 6.47. The molecule has 0 spiro atoms. The van der Waals surface area contributed by atoms with Crippen LogP contribution in [0.1, 0.15) is 5.82 Å². The Kier molecular flexibility index (Phi) is 5.36. The van der Waals surface area contributed by atoms with E-state index in [9.17, 15) is 13.2 Å². The minimum Gasteiger partial charge on any atom is -0.331 e. The van der Waals surface area contributed by atoms with Crippen molar-refractivity contribution in [2.45, 2.75) is 17.9 Å². The lowest BCUT2D eigenvalue weighted by molar-refractivity contribution is 0.601. The van der Waals surface area contributed by atoms with E-state index in [0.717, 1.165) is 11.3 Å². The fraction of sp³-hybridized carbons (Fsp3) is 0.143. The number of sulfonamides is 1. The van der Waals surface area contributed by atoms with E-state index >= 15 is 0 Å². The molecule has 0 aliphatic carbocycles. The van der Waals surface area contributed by atoms with Crippen molar-refractivity contribution in [1.82, 2.24) is 14.1 Å². The zero-order valence-electron chi connectivity index (χ0n) is 16.1. The minimum atomic E-state index is -3.73. The number of pyridine rings is 1. The molecule has 4 rings (SSSR count). The van der Waals surface area contributed by atoms with Crippen LogP contribution in [0.15, 0.2) is 76.6 Å². The van der Waals surface area contributed by atoms with Gasteiger partial charge in [-0.15, -0.1) is 0 Å². The highest BCUT2D eigenvalue weighted by Gasteiger charge is 2.15. The summed E-state index contributed by atoms with van der Waals surface area (Å²) in [5.74, 6) is 0.804. The lowest BCUT2D eigenvalue weighted by Crippen LogP contribution is -2.19. The highest BCUT2D eigenvalue weighted by Crippen LogP contribution is 2.23. The summed E-state index contributed by atoms with van der Waals surface area (Å²) in [7, 11) is -1.84. The maximum Gasteiger partial charge on any atom is 0.261 e. The number of imidazole rings is 1. The number of fused-ring (bicyclic) bond motifs is 1. The molecule has 0 saturated carbocycles. The van der Waals surface area contributed by atoms with Crippen molar-refractivity contribution in [3.8, 4) is 0 Å². The van der Waals surface area contributed by atoms with Crippen LogP contribution < -0.4 is 10.3 Å². The van der Waals surface area contributed by atoms with Gasteiger partial charge in [-0.05, 0) is 48.5 Å². The number of aryl methyl sites for hydroxylation is 3. The Morgan fingerprint density at radius 3 is 2.57 bits per heavy atom. The van der Waals surface area contributed by atoms with E-state index in [1.54, 1.807) is 29.0 Å². The van der Waals surface area contributed by atoms with Gasteiger partial charge in [0.2, 0.25) is 0 Å². The van der Waals surface area contributed by atoms with Crippen LogP contribution in [-0.2, 0) is 30.0 Å². The molecule has 154 valence electrons. The van der Waals surface area contributed by atoms with E-state index < -0.39 is 10.0 Å². The van der Waals surface area contributed by atoms with Gasteiger partial charge in [0.25, 0.3) is 15.6 Å². The first-order valence-corrected chi connectivity index (χ1v) is 11.1. The maximum absolute atomic E-state index is 12.6. The summed E-state index contributed by atoms with van der Waals surface area (Å²) < 4.78 is 31.4. The van der Waals surface area contributed by atoms with Crippen LogP contribution >= 0.6 is 11.6 Å². The van der Waals surface area contributed by atoms with Crippen LogP contribution in [0.3, 0.4) is 0 Å². The summed E-state index contributed by atoms with van der Waals surface area (Å²) in [6.07, 6.45) is 2.32. The SMILES string of the molecule is Cn1c(CCn2ccccc2=O)nc2cc(NS(=O)(=O)c3ccc(Cl)cc3)ccc21. The Labute approximate surface area is 178 Å². The van der Waals surface area contributed by atoms with Crippen molar-refractivity contribution < 1.29 is 8.42 Å². The van der Waals surface area contributed by atoms with Crippen molar-refractivity contribution in [2.24, 2.45) is 7.05 Å². The van der Waals surface area contributed by atoms with Crippen LogP contribution in [-0.4, -0.2) is 22.5 Å². The second kappa shape index (κ2) is 7.97. The van der Waals surface area contributed by atoms with Crippen molar-refractivity contribution >= 4 is 38.3 Å². The van der Waals surface area contributed by atoms with Gasteiger partial charge in [0.05, 0.1) is 21.6 Å². The quantitative estimate of drug-likeness (QED) is 0.495. The van der Waals surface area contributed by atoms with Crippen LogP contribution in [0.2, 0.25) is 5.02 Å². The summed E-state index contributed by atoms with van der Waals surface area (Å²) in [5.41, 5.74) is 1.90. The number of benzene rings is 2. The minimum absolute atomic E-state index is 0.0600. The topological polar surface area (TPSA) is 86.0 Å². The molecule has 0 amide bonds. The first-order valence-electron chi connectivity index (χ1n) is 9.23. The second-order valence-electron chi connectivity index (χ2n) is 6.83. The van der Waals surface area contributed by atoms with Crippen molar-refractivity contribution in [1.29, 1.82) is 0 Å². The summed E-state index contributed by atoms with van der Waals surface area (Å²) in [6, 6.07) is 16.2. The zero-order valence-corrected chi connectivity index (χ0v) is 17.7. The number of nitrogens with zero attached hydrogens (tertiary/aromatic N) is 3. The third kappa shape index (κ3) is 4.10. The number of aromatic nitrogens is 3. The molecular formula is C21H19ClN4O3S. The van der Waals surface area contributed by atoms with Gasteiger partial charge in [0, 0.05) is 37.3 Å². The summed E-state index contributed by atoms with van der Waals surface area (Å²) >= 11 is 5.83. The average molecular weight is 443 g/mol. The van der Waals surface area contributed by atoms with E-state index in [-0.39, 0.29) is 10.5 Å². The normalized spacial score (nSPS) is 11.7. The monoisotopic (exact) mass is 442 g/mol. The van der Waals surface area contributed by atoms with Crippen molar-refractivity contribution in [3.63, 3.8) is 0 Å². The molecule has 9 heteroatoms. The number of nitrogens with one attached hydrogen (secondary N) is 1. The molecule has 0 saturated heterocycles. The summed E-state index contributed by atoms with van der Waals surface area (Å²) in [4.78, 5) is 16.6. The van der Waals surface area contributed by atoms with Crippen molar-refractivity contribution in [3.05, 3.63) is 88.1 Å². The molecule has 2 aromatic heterocycles. The maximum atomic E-state index is 12.6. The highest BCUT2D eigenvalue weighted by molar-refractivity contribution is 7.92. The van der Waals surface area contributed by atoms with Crippen molar-refractivity contribution in [2.75, 3.05) is 4.72 Å². The molecule has 0 bridgehead atoms. The summed E-state index contributed by atoms with van der Waals surface area (Å²) in [6.45, 7) is 0.507. The van der Waals surface area contributed by atoms with Gasteiger partial charge in [-0.25, -0.2) is 13.4 Å². The smallest absolute Gasteiger partial charge is 0.261 e. The Balaban J connectivity index is 1.58. The second-order valence-corrected chi connectivity index (χ2v) is 8.95. The van der Waals surface area contributed by atoms with E-state index in [1.807, 2.05) is 23.7 Å². The van der Waals surface area contributed by atoms with E-state index in [1.165, 1.54) is 30.3 Å². The predicted molar refractivity (Wildman–Crippen MR) is 117 cm³/mol. The lowest BCUT2D eigenvalue weighted by Gasteiger charge is -2.08. The standard InChI is InChI=1S/C21H19ClN4O3S/c1-25-19-10-7-16(24-30(28,29)17-8-5-15(22)6-9-17)14-18(19)23-20(25)11-13-26-12-3-2-4-21(26)27/h2-10,12,14,24H,11,13H2,1H3. The number of hydrogen-bond donors (Lipinski definition) is 1. The molecule has 0 unspecified atom stereocenters. The molecule has 0 aliphatic rings. The molecule has 1 N–H and O–H groups in total. The van der Waals surface area contributed by atoms with Gasteiger partial charge < -0.3 is 9.13 Å². The fourth-order valence-corrected chi connectivity index (χ4v) is 4.41. The largest absolute Gasteiger partial charge is 0.331 e. The Morgan fingerprint density at radius 1 is 1.07 bits per heavy atom. The van der Waals surface area contributed by atoms with E-state index in [4.69, 9.17) is 11.6 Å². The molecule has 0 atom stereocenters. The van der Waals surface area contributed by atoms with Gasteiger partial charge in [0.15, 0.2) is 0 Å². The molecule has 7 nitrogen and oxygen atoms in total. The molecule has 30 heavy (non-hydrogen) atoms. The summed E-state index contributed by atoms with van der Waals surface area (Å²) in [5, 5.41) is 0.467. The molecule has 4 aromatic rings. The fourth-order valence-electron chi connectivity index (χ4n) is 3.23. The Morgan fingerprint density at radius 2 is 1.83 bits per heavy atom. The van der Waals surface area contributed by atoms with Gasteiger partial charge in [-0.1, -0.05) is 17.7 Å². The molecule has 0 fully saturated rings. The van der Waals surface area contributed by atoms with Gasteiger partial charge in [-0.3, -0.25) is 9.52 Å². The highest BCUT2D eigenvalue weighted by atomic mass is 35.5. The Bertz CT molecular complexity index is 1380. The van der Waals surface area contributed by atoms with Crippen LogP contribution in [0.5, 0.6) is 0 Å². The van der Waals surface area contributed by atoms with E-state index in [2.05, 4.69) is 9.71 Å². The van der Waals surface area contributed by atoms with Crippen LogP contribution in [0.4, 0.5) is 5.69 Å². The zero-order chi connectivity index (χ0) is 21.3. The number of halogens is 1. The number of hydrogen-bond acceptors (Lipinski definition) is 4. The third-order valence-electron chi connectivity index (χ3n) is 4.82. The Hall–Kier alpha value is -3.10. The molecule has 2 aromatic carbocycles. The van der Waals surface area contributed by atoms with Gasteiger partial charge >= 0.3 is 0 Å². The van der Waals surface area contributed by atoms with Crippen LogP contribution in [0.25, 0.3) is 11.0 Å². The van der Waals surface area contributed by atoms with Gasteiger partial charge in [-0.2, -0.15) is 0 Å². The first kappa shape index (κ1) is 20.2. The van der Waals surface area contributed by atoms with Gasteiger partial charge in [0.1, 0.15) is 5.82 Å². The van der Waals surface area contributed by atoms with E-state index in [0.29, 0.717) is 29.2 Å². The number of anilines is 1. The van der Waals surface area contributed by atoms with Crippen LogP contribution in [0, 0.1) is 0 Å². The molecule has 0 radical (unpaired) electrons. The first-order chi connectivity index (χ1) is 14.3. The lowest BCUT2D eigenvalue weighted by atomic mass is 10.3. The molecule has 2 heterocycles.